The van der Waals surface area contributed by atoms with Crippen LogP contribution in [0.15, 0.2) is 24.3 Å². The third-order valence-electron chi connectivity index (χ3n) is 4.60. The summed E-state index contributed by atoms with van der Waals surface area (Å²) in [7, 11) is 0. The number of nitrogens with two attached hydrogens (primary N) is 1. The van der Waals surface area contributed by atoms with Crippen molar-refractivity contribution >= 4 is 0 Å². The van der Waals surface area contributed by atoms with Gasteiger partial charge in [-0.25, -0.2) is 4.39 Å². The first kappa shape index (κ1) is 16.4. The Balaban J connectivity index is 2.20. The number of ether oxygens (including phenoxy) is 1. The molecule has 3 nitrogen and oxygen atoms in total. The highest BCUT2D eigenvalue weighted by molar-refractivity contribution is 5.19. The molecular formula is C17H27FN2O. The van der Waals surface area contributed by atoms with E-state index < -0.39 is 0 Å². The van der Waals surface area contributed by atoms with Crippen LogP contribution >= 0.6 is 0 Å². The number of hydrogen-bond acceptors (Lipinski definition) is 3. The van der Waals surface area contributed by atoms with Crippen molar-refractivity contribution in [2.75, 3.05) is 6.61 Å². The molecule has 0 aliphatic heterocycles. The lowest BCUT2D eigenvalue weighted by atomic mass is 9.83. The van der Waals surface area contributed by atoms with Gasteiger partial charge in [-0.1, -0.05) is 43.9 Å². The summed E-state index contributed by atoms with van der Waals surface area (Å²) in [5.74, 6) is 5.65. The van der Waals surface area contributed by atoms with Crippen molar-refractivity contribution < 1.29 is 9.13 Å². The zero-order valence-electron chi connectivity index (χ0n) is 12.9. The molecule has 21 heavy (non-hydrogen) atoms. The van der Waals surface area contributed by atoms with Crippen molar-refractivity contribution in [1.82, 2.24) is 5.43 Å². The topological polar surface area (TPSA) is 47.3 Å². The Hall–Kier alpha value is -0.970. The van der Waals surface area contributed by atoms with E-state index in [9.17, 15) is 4.39 Å². The van der Waals surface area contributed by atoms with Crippen LogP contribution in [0.5, 0.6) is 0 Å². The first-order valence-electron chi connectivity index (χ1n) is 8.05. The Morgan fingerprint density at radius 1 is 1.24 bits per heavy atom. The zero-order chi connectivity index (χ0) is 15.1. The van der Waals surface area contributed by atoms with E-state index in [1.54, 1.807) is 6.07 Å². The highest BCUT2D eigenvalue weighted by Crippen LogP contribution is 2.34. The second-order valence-corrected chi connectivity index (χ2v) is 5.93. The van der Waals surface area contributed by atoms with Gasteiger partial charge in [0.05, 0.1) is 11.6 Å². The molecule has 0 bridgehead atoms. The van der Waals surface area contributed by atoms with E-state index in [1.807, 2.05) is 19.1 Å². The van der Waals surface area contributed by atoms with E-state index in [2.05, 4.69) is 5.43 Å². The average molecular weight is 294 g/mol. The van der Waals surface area contributed by atoms with Crippen molar-refractivity contribution in [1.29, 1.82) is 0 Å². The molecule has 2 rings (SSSR count). The van der Waals surface area contributed by atoms with E-state index in [1.165, 1.54) is 18.9 Å². The van der Waals surface area contributed by atoms with Crippen molar-refractivity contribution in [2.45, 2.75) is 63.5 Å². The van der Waals surface area contributed by atoms with Crippen LogP contribution in [-0.2, 0) is 11.2 Å². The molecule has 118 valence electrons. The zero-order valence-corrected chi connectivity index (χ0v) is 12.9. The van der Waals surface area contributed by atoms with Gasteiger partial charge >= 0.3 is 0 Å². The quantitative estimate of drug-likeness (QED) is 0.480. The van der Waals surface area contributed by atoms with Crippen LogP contribution in [0.1, 0.15) is 51.0 Å². The molecule has 1 atom stereocenters. The summed E-state index contributed by atoms with van der Waals surface area (Å²) < 4.78 is 20.1. The molecular weight excluding hydrogens is 267 g/mol. The largest absolute Gasteiger partial charge is 0.374 e. The lowest BCUT2D eigenvalue weighted by Gasteiger charge is -2.40. The maximum absolute atomic E-state index is 13.9. The van der Waals surface area contributed by atoms with Crippen LogP contribution in [-0.4, -0.2) is 18.2 Å². The second kappa shape index (κ2) is 7.87. The highest BCUT2D eigenvalue weighted by Gasteiger charge is 2.39. The summed E-state index contributed by atoms with van der Waals surface area (Å²) in [4.78, 5) is 0. The molecule has 0 heterocycles. The van der Waals surface area contributed by atoms with E-state index in [-0.39, 0.29) is 17.5 Å². The molecule has 1 aliphatic carbocycles. The standard InChI is InChI=1S/C17H27FN2O/c1-2-21-17(11-7-3-4-8-12-17)16(20-19)13-14-9-5-6-10-15(14)18/h5-6,9-10,16,20H,2-4,7-8,11-13,19H2,1H3. The molecule has 0 spiro atoms. The molecule has 1 aliphatic rings. The summed E-state index contributed by atoms with van der Waals surface area (Å²) in [6.07, 6.45) is 7.32. The molecule has 1 unspecified atom stereocenters. The van der Waals surface area contributed by atoms with Crippen molar-refractivity contribution in [2.24, 2.45) is 5.84 Å². The molecule has 3 N–H and O–H groups in total. The molecule has 0 radical (unpaired) electrons. The molecule has 1 aromatic rings. The fourth-order valence-electron chi connectivity index (χ4n) is 3.49. The van der Waals surface area contributed by atoms with Gasteiger partial charge in [0, 0.05) is 6.61 Å². The summed E-state index contributed by atoms with van der Waals surface area (Å²) in [6.45, 7) is 2.68. The predicted molar refractivity (Wildman–Crippen MR) is 83.3 cm³/mol. The number of hydrazine groups is 1. The molecule has 0 amide bonds. The van der Waals surface area contributed by atoms with Gasteiger partial charge in [0.25, 0.3) is 0 Å². The lowest BCUT2D eigenvalue weighted by molar-refractivity contribution is -0.0769. The average Bonchev–Trinajstić information content (AvgIpc) is 2.73. The van der Waals surface area contributed by atoms with Gasteiger partial charge in [0.2, 0.25) is 0 Å². The Morgan fingerprint density at radius 2 is 1.90 bits per heavy atom. The predicted octanol–water partition coefficient (Wildman–Crippen LogP) is 3.33. The Labute approximate surface area is 127 Å². The number of rotatable bonds is 6. The van der Waals surface area contributed by atoms with Crippen molar-refractivity contribution in [3.05, 3.63) is 35.6 Å². The van der Waals surface area contributed by atoms with Gasteiger partial charge in [-0.15, -0.1) is 0 Å². The number of benzene rings is 1. The molecule has 0 aromatic heterocycles. The number of halogens is 1. The van der Waals surface area contributed by atoms with Crippen LogP contribution in [0.4, 0.5) is 4.39 Å². The van der Waals surface area contributed by atoms with Crippen LogP contribution in [0, 0.1) is 5.82 Å². The van der Waals surface area contributed by atoms with Gasteiger partial charge < -0.3 is 4.74 Å². The molecule has 1 saturated carbocycles. The third-order valence-corrected chi connectivity index (χ3v) is 4.60. The minimum absolute atomic E-state index is 0.0625. The van der Waals surface area contributed by atoms with E-state index in [0.717, 1.165) is 25.7 Å². The first-order chi connectivity index (χ1) is 10.2. The minimum atomic E-state index is -0.276. The highest BCUT2D eigenvalue weighted by atomic mass is 19.1. The summed E-state index contributed by atoms with van der Waals surface area (Å²) in [5.41, 5.74) is 3.33. The maximum Gasteiger partial charge on any atom is 0.126 e. The fraction of sp³-hybridized carbons (Fsp3) is 0.647. The summed E-state index contributed by atoms with van der Waals surface area (Å²) in [6, 6.07) is 6.85. The Morgan fingerprint density at radius 3 is 2.48 bits per heavy atom. The first-order valence-corrected chi connectivity index (χ1v) is 8.05. The monoisotopic (exact) mass is 294 g/mol. The molecule has 1 fully saturated rings. The number of nitrogens with one attached hydrogen (secondary N) is 1. The summed E-state index contributed by atoms with van der Waals surface area (Å²) >= 11 is 0. The normalized spacial score (nSPS) is 20.0. The smallest absolute Gasteiger partial charge is 0.126 e. The van der Waals surface area contributed by atoms with Gasteiger partial charge in [-0.05, 0) is 37.8 Å². The molecule has 0 saturated heterocycles. The SMILES string of the molecule is CCOC1(C(Cc2ccccc2F)NN)CCCCCC1. The van der Waals surface area contributed by atoms with Gasteiger partial charge in [0.15, 0.2) is 0 Å². The van der Waals surface area contributed by atoms with Gasteiger partial charge in [-0.3, -0.25) is 11.3 Å². The van der Waals surface area contributed by atoms with Crippen LogP contribution in [0.25, 0.3) is 0 Å². The van der Waals surface area contributed by atoms with Crippen molar-refractivity contribution in [3.63, 3.8) is 0 Å². The number of hydrogen-bond donors (Lipinski definition) is 2. The second-order valence-electron chi connectivity index (χ2n) is 5.93. The Kier molecular flexibility index (Phi) is 6.15. The third kappa shape index (κ3) is 4.02. The molecule has 1 aromatic carbocycles. The van der Waals surface area contributed by atoms with Crippen LogP contribution in [0.3, 0.4) is 0 Å². The fourth-order valence-corrected chi connectivity index (χ4v) is 3.49. The van der Waals surface area contributed by atoms with Gasteiger partial charge in [-0.2, -0.15) is 0 Å². The van der Waals surface area contributed by atoms with Gasteiger partial charge in [0.1, 0.15) is 5.82 Å². The Bertz CT molecular complexity index is 431. The minimum Gasteiger partial charge on any atom is -0.374 e. The maximum atomic E-state index is 13.9. The van der Waals surface area contributed by atoms with E-state index >= 15 is 0 Å². The summed E-state index contributed by atoms with van der Waals surface area (Å²) in [5, 5.41) is 0. The van der Waals surface area contributed by atoms with Crippen LogP contribution < -0.4 is 11.3 Å². The van der Waals surface area contributed by atoms with E-state index in [4.69, 9.17) is 10.6 Å². The van der Waals surface area contributed by atoms with E-state index in [0.29, 0.717) is 18.6 Å². The molecule has 4 heteroatoms. The van der Waals surface area contributed by atoms with Crippen LogP contribution in [0.2, 0.25) is 0 Å². The van der Waals surface area contributed by atoms with Crippen molar-refractivity contribution in [3.8, 4) is 0 Å². The lowest BCUT2D eigenvalue weighted by Crippen LogP contribution is -2.56.